The van der Waals surface area contributed by atoms with Gasteiger partial charge in [0, 0.05) is 18.3 Å². The summed E-state index contributed by atoms with van der Waals surface area (Å²) in [6.45, 7) is 14.4. The number of H-pyrrole nitrogens is 1. The Kier molecular flexibility index (Phi) is 22.8. The van der Waals surface area contributed by atoms with Crippen molar-refractivity contribution >= 4 is 41.8 Å². The van der Waals surface area contributed by atoms with Crippen LogP contribution in [0.25, 0.3) is 0 Å². The normalized spacial score (nSPS) is 12.3. The minimum atomic E-state index is -3.92. The van der Waals surface area contributed by atoms with Gasteiger partial charge in [-0.05, 0) is 73.1 Å². The predicted molar refractivity (Wildman–Crippen MR) is 220 cm³/mol. The zero-order valence-electron chi connectivity index (χ0n) is 33.8. The molecule has 0 saturated carbocycles. The number of nitrogens with one attached hydrogen (secondary N) is 3. The maximum Gasteiger partial charge on any atom is 0.365 e. The van der Waals surface area contributed by atoms with Gasteiger partial charge in [-0.1, -0.05) is 30.3 Å². The van der Waals surface area contributed by atoms with Crippen molar-refractivity contribution in [1.82, 2.24) is 9.97 Å². The Morgan fingerprint density at radius 1 is 0.544 bits per heavy atom. The molecule has 22 heteroatoms. The number of aromatic amines is 1. The van der Waals surface area contributed by atoms with E-state index in [1.54, 1.807) is 67.5 Å². The van der Waals surface area contributed by atoms with Gasteiger partial charge < -0.3 is 56.5 Å². The molecule has 0 saturated heterocycles. The van der Waals surface area contributed by atoms with Crippen LogP contribution in [0.2, 0.25) is 0 Å². The number of nitrogens with zero attached hydrogens (tertiary/aromatic N) is 1. The minimum absolute atomic E-state index is 0.0827. The zero-order valence-corrected chi connectivity index (χ0v) is 37.4. The highest BCUT2D eigenvalue weighted by Gasteiger charge is 2.52. The van der Waals surface area contributed by atoms with Crippen LogP contribution in [0.3, 0.4) is 0 Å². The van der Waals surface area contributed by atoms with E-state index in [0.29, 0.717) is 23.9 Å². The van der Waals surface area contributed by atoms with E-state index in [9.17, 15) is 23.1 Å². The molecule has 322 valence electrons. The molecule has 0 radical (unpaired) electrons. The van der Waals surface area contributed by atoms with Gasteiger partial charge >= 0.3 is 30.4 Å². The molecule has 3 N–H and O–H groups in total. The third-order valence-corrected chi connectivity index (χ3v) is 18.3. The number of ether oxygens (including phenoxy) is 1. The molecular formula is C35H58N4O14P4. The van der Waals surface area contributed by atoms with E-state index in [4.69, 9.17) is 40.9 Å². The van der Waals surface area contributed by atoms with Crippen molar-refractivity contribution < 1.29 is 59.2 Å². The number of pyridine rings is 2. The van der Waals surface area contributed by atoms with Gasteiger partial charge in [0.25, 0.3) is 0 Å². The Balaban J connectivity index is 0.000000406. The first kappa shape index (κ1) is 50.5. The molecular weight excluding hydrogens is 824 g/mol. The molecule has 3 rings (SSSR count). The van der Waals surface area contributed by atoms with E-state index in [-0.39, 0.29) is 58.4 Å². The van der Waals surface area contributed by atoms with E-state index >= 15 is 0 Å². The number of aromatic nitrogens is 2. The average Bonchev–Trinajstić information content (AvgIpc) is 3.17. The number of anilines is 2. The number of rotatable bonds is 27. The SMILES string of the molecule is CCOP(=O)(OCC)C(Nc1ccc(=O)[nH]c1)P(=O)(OCC)OCC.CCOP(=O)(OCC)C(Nc1ccc(OCc2ccccc2)nc1)P(=O)(OCC)OCC. The predicted octanol–water partition coefficient (Wildman–Crippen LogP) is 9.49. The van der Waals surface area contributed by atoms with Gasteiger partial charge in [-0.2, -0.15) is 0 Å². The number of hydrogen-bond acceptors (Lipinski definition) is 17. The van der Waals surface area contributed by atoms with E-state index in [0.717, 1.165) is 5.56 Å². The van der Waals surface area contributed by atoms with Gasteiger partial charge in [0.1, 0.15) is 6.61 Å². The summed E-state index contributed by atoms with van der Waals surface area (Å²) in [4.78, 5) is 18.0. The fourth-order valence-electron chi connectivity index (χ4n) is 4.90. The first-order valence-corrected chi connectivity index (χ1v) is 25.1. The van der Waals surface area contributed by atoms with Crippen LogP contribution in [0.5, 0.6) is 5.88 Å². The van der Waals surface area contributed by atoms with Crippen molar-refractivity contribution in [3.63, 3.8) is 0 Å². The van der Waals surface area contributed by atoms with Gasteiger partial charge in [0.2, 0.25) is 22.5 Å². The van der Waals surface area contributed by atoms with Crippen molar-refractivity contribution in [3.8, 4) is 5.88 Å². The van der Waals surface area contributed by atoms with Crippen molar-refractivity contribution in [1.29, 1.82) is 0 Å². The molecule has 0 unspecified atom stereocenters. The molecule has 3 aromatic rings. The van der Waals surface area contributed by atoms with Crippen molar-refractivity contribution in [2.45, 2.75) is 73.0 Å². The third kappa shape index (κ3) is 15.8. The lowest BCUT2D eigenvalue weighted by Gasteiger charge is -2.32. The molecule has 0 spiro atoms. The van der Waals surface area contributed by atoms with Crippen LogP contribution >= 0.6 is 30.4 Å². The Bertz CT molecular complexity index is 1720. The second-order valence-electron chi connectivity index (χ2n) is 11.1. The molecule has 0 amide bonds. The van der Waals surface area contributed by atoms with Crippen molar-refractivity contribution in [3.05, 3.63) is 82.9 Å². The molecule has 0 atom stereocenters. The standard InChI is InChI=1S/C21H32N2O7P2.C14H26N2O7P2/c1-5-27-31(24,28-6-2)21(32(25,29-7-3)30-8-4)23-19-14-15-20(22-16-19)26-17-18-12-10-9-11-13-18;1-5-20-24(18,21-6-2)14(25(19,22-7-3)23-8-4)16-12-9-10-13(17)15-11-12/h9-16,21,23H,5-8,17H2,1-4H3;9-11,14,16H,5-8H2,1-4H3,(H,15,17). The van der Waals surface area contributed by atoms with E-state index in [2.05, 4.69) is 20.6 Å². The lowest BCUT2D eigenvalue weighted by atomic mass is 10.2. The number of benzene rings is 1. The Labute approximate surface area is 335 Å². The molecule has 0 aliphatic carbocycles. The van der Waals surface area contributed by atoms with Crippen LogP contribution in [0, 0.1) is 0 Å². The molecule has 0 fully saturated rings. The Hall–Kier alpha value is -2.68. The zero-order chi connectivity index (χ0) is 42.4. The van der Waals surface area contributed by atoms with E-state index in [1.165, 1.54) is 24.5 Å². The van der Waals surface area contributed by atoms with Crippen LogP contribution < -0.4 is 20.9 Å². The summed E-state index contributed by atoms with van der Waals surface area (Å²) in [6, 6.07) is 15.8. The first-order valence-electron chi connectivity index (χ1n) is 18.6. The lowest BCUT2D eigenvalue weighted by molar-refractivity contribution is 0.196. The van der Waals surface area contributed by atoms with Crippen LogP contribution in [-0.4, -0.2) is 73.9 Å². The highest BCUT2D eigenvalue weighted by Crippen LogP contribution is 2.71. The van der Waals surface area contributed by atoms with Crippen LogP contribution in [0.4, 0.5) is 11.4 Å². The Morgan fingerprint density at radius 3 is 1.26 bits per heavy atom. The fourth-order valence-corrected chi connectivity index (χ4v) is 14.8. The van der Waals surface area contributed by atoms with E-state index in [1.807, 2.05) is 30.3 Å². The summed E-state index contributed by atoms with van der Waals surface area (Å²) >= 11 is 0. The van der Waals surface area contributed by atoms with Crippen LogP contribution in [0.15, 0.2) is 71.8 Å². The van der Waals surface area contributed by atoms with E-state index < -0.39 is 41.4 Å². The monoisotopic (exact) mass is 882 g/mol. The summed E-state index contributed by atoms with van der Waals surface area (Å²) in [5.74, 6) is 0.409. The molecule has 0 bridgehead atoms. The quantitative estimate of drug-likeness (QED) is 0.0607. The highest BCUT2D eigenvalue weighted by molar-refractivity contribution is 7.73. The topological polar surface area (TPSA) is 221 Å². The number of hydrogen-bond donors (Lipinski definition) is 3. The van der Waals surface area contributed by atoms with Gasteiger partial charge in [-0.25, -0.2) is 4.98 Å². The van der Waals surface area contributed by atoms with Crippen molar-refractivity contribution in [2.24, 2.45) is 0 Å². The third-order valence-electron chi connectivity index (χ3n) is 7.01. The largest absolute Gasteiger partial charge is 0.473 e. The molecule has 1 aromatic carbocycles. The molecule has 0 aliphatic rings. The molecule has 2 heterocycles. The van der Waals surface area contributed by atoms with Gasteiger partial charge in [-0.15, -0.1) is 0 Å². The molecule has 0 aliphatic heterocycles. The second-order valence-corrected chi connectivity index (χ2v) is 20.4. The molecule has 18 nitrogen and oxygen atoms in total. The first-order chi connectivity index (χ1) is 27.2. The maximum absolute atomic E-state index is 13.6. The molecule has 57 heavy (non-hydrogen) atoms. The van der Waals surface area contributed by atoms with Gasteiger partial charge in [0.15, 0.2) is 0 Å². The summed E-state index contributed by atoms with van der Waals surface area (Å²) in [5, 5.41) is 5.79. The average molecular weight is 883 g/mol. The summed E-state index contributed by atoms with van der Waals surface area (Å²) in [6.07, 6.45) is 2.84. The van der Waals surface area contributed by atoms with Crippen molar-refractivity contribution in [2.75, 3.05) is 63.5 Å². The minimum Gasteiger partial charge on any atom is -0.473 e. The summed E-state index contributed by atoms with van der Waals surface area (Å²) in [5.41, 5.74) is -1.25. The summed E-state index contributed by atoms with van der Waals surface area (Å²) in [7, 11) is -15.7. The van der Waals surface area contributed by atoms with Crippen LogP contribution in [-0.2, 0) is 61.1 Å². The fraction of sp³-hybridized carbons (Fsp3) is 0.543. The summed E-state index contributed by atoms with van der Waals surface area (Å²) < 4.78 is 102. The molecule has 2 aromatic heterocycles. The Morgan fingerprint density at radius 2 is 0.930 bits per heavy atom. The highest BCUT2D eigenvalue weighted by atomic mass is 31.2. The second kappa shape index (κ2) is 25.7. The lowest BCUT2D eigenvalue weighted by Crippen LogP contribution is -2.25. The maximum atomic E-state index is 13.6. The smallest absolute Gasteiger partial charge is 0.365 e. The van der Waals surface area contributed by atoms with Gasteiger partial charge in [-0.3, -0.25) is 23.1 Å². The van der Waals surface area contributed by atoms with Crippen LogP contribution in [0.1, 0.15) is 61.0 Å². The van der Waals surface area contributed by atoms with Gasteiger partial charge in [0.05, 0.1) is 70.4 Å².